The first-order chi connectivity index (χ1) is 9.70. The monoisotopic (exact) mass is 316 g/mol. The van der Waals surface area contributed by atoms with Crippen molar-refractivity contribution in [2.75, 3.05) is 19.1 Å². The summed E-state index contributed by atoms with van der Waals surface area (Å²) in [6, 6.07) is -0.723. The Labute approximate surface area is 127 Å². The van der Waals surface area contributed by atoms with E-state index in [0.717, 1.165) is 0 Å². The maximum atomic E-state index is 11.9. The Morgan fingerprint density at radius 1 is 1.43 bits per heavy atom. The van der Waals surface area contributed by atoms with Gasteiger partial charge in [0.2, 0.25) is 11.1 Å². The van der Waals surface area contributed by atoms with Crippen LogP contribution in [-0.4, -0.2) is 41.1 Å². The highest BCUT2D eigenvalue weighted by Gasteiger charge is 2.34. The molecule has 0 spiro atoms. The van der Waals surface area contributed by atoms with Gasteiger partial charge in [0.05, 0.1) is 12.0 Å². The minimum atomic E-state index is -0.723. The summed E-state index contributed by atoms with van der Waals surface area (Å²) in [4.78, 5) is 31.6. The van der Waals surface area contributed by atoms with Crippen LogP contribution in [0.15, 0.2) is 0 Å². The van der Waals surface area contributed by atoms with Crippen LogP contribution in [-0.2, 0) is 9.53 Å². The zero-order chi connectivity index (χ0) is 16.3. The molecule has 9 heteroatoms. The zero-order valence-corrected chi connectivity index (χ0v) is 13.2. The number of likely N-dealkylation sites (N-methyl/N-ethyl adjacent to an activating group) is 1. The van der Waals surface area contributed by atoms with Gasteiger partial charge in [0.15, 0.2) is 0 Å². The number of methoxy groups -OCH3 is 1. The standard InChI is InChI=1S/C12H17ClN4O4/c1-6(2)8(11(18)21-5)16(4)10-9(17(19)20)7(3)14-12(13)15-10/h6,8H,1-5H3/t8-/m0/s1. The number of nitrogens with zero attached hydrogens (tertiary/aromatic N) is 4. The van der Waals surface area contributed by atoms with Crippen molar-refractivity contribution >= 4 is 29.1 Å². The van der Waals surface area contributed by atoms with Crippen LogP contribution in [0.3, 0.4) is 0 Å². The number of esters is 1. The highest BCUT2D eigenvalue weighted by molar-refractivity contribution is 6.28. The van der Waals surface area contributed by atoms with E-state index in [9.17, 15) is 14.9 Å². The van der Waals surface area contributed by atoms with Gasteiger partial charge in [0, 0.05) is 7.05 Å². The van der Waals surface area contributed by atoms with Crippen LogP contribution in [0.4, 0.5) is 11.5 Å². The van der Waals surface area contributed by atoms with Crippen molar-refractivity contribution in [1.82, 2.24) is 9.97 Å². The molecule has 0 aliphatic heterocycles. The second kappa shape index (κ2) is 6.66. The van der Waals surface area contributed by atoms with Gasteiger partial charge in [0.25, 0.3) is 0 Å². The first kappa shape index (κ1) is 17.1. The molecule has 0 amide bonds. The molecule has 0 aliphatic carbocycles. The number of aryl methyl sites for hydroxylation is 1. The maximum Gasteiger partial charge on any atom is 0.332 e. The molecule has 0 saturated carbocycles. The summed E-state index contributed by atoms with van der Waals surface area (Å²) in [6.45, 7) is 5.07. The van der Waals surface area contributed by atoms with E-state index in [0.29, 0.717) is 0 Å². The third-order valence-electron chi connectivity index (χ3n) is 3.02. The number of hydrogen-bond acceptors (Lipinski definition) is 7. The lowest BCUT2D eigenvalue weighted by Crippen LogP contribution is -2.44. The molecule has 1 aromatic heterocycles. The summed E-state index contributed by atoms with van der Waals surface area (Å²) in [5, 5.41) is 11.1. The van der Waals surface area contributed by atoms with E-state index < -0.39 is 16.9 Å². The highest BCUT2D eigenvalue weighted by Crippen LogP contribution is 2.31. The normalized spacial score (nSPS) is 12.1. The van der Waals surface area contributed by atoms with Crippen molar-refractivity contribution in [2.24, 2.45) is 5.92 Å². The van der Waals surface area contributed by atoms with Gasteiger partial charge >= 0.3 is 11.7 Å². The van der Waals surface area contributed by atoms with Crippen LogP contribution in [0.25, 0.3) is 0 Å². The molecule has 1 heterocycles. The van der Waals surface area contributed by atoms with Crippen LogP contribution in [0, 0.1) is 23.0 Å². The molecule has 0 saturated heterocycles. The quantitative estimate of drug-likeness (QED) is 0.354. The van der Waals surface area contributed by atoms with E-state index in [1.54, 1.807) is 13.8 Å². The number of aromatic nitrogens is 2. The molecule has 1 rings (SSSR count). The average Bonchev–Trinajstić information content (AvgIpc) is 2.36. The predicted molar refractivity (Wildman–Crippen MR) is 77.5 cm³/mol. The minimum absolute atomic E-state index is 0.0124. The van der Waals surface area contributed by atoms with Crippen molar-refractivity contribution in [3.8, 4) is 0 Å². The number of nitro groups is 1. The third kappa shape index (κ3) is 3.57. The van der Waals surface area contributed by atoms with Crippen LogP contribution < -0.4 is 4.90 Å². The molecule has 0 aromatic carbocycles. The predicted octanol–water partition coefficient (Wildman–Crippen LogP) is 1.98. The first-order valence-corrected chi connectivity index (χ1v) is 6.57. The molecule has 0 N–H and O–H groups in total. The second-order valence-electron chi connectivity index (χ2n) is 4.83. The van der Waals surface area contributed by atoms with Gasteiger partial charge in [0.1, 0.15) is 11.7 Å². The molecule has 21 heavy (non-hydrogen) atoms. The van der Waals surface area contributed by atoms with Crippen LogP contribution in [0.5, 0.6) is 0 Å². The summed E-state index contributed by atoms with van der Waals surface area (Å²) < 4.78 is 4.75. The fraction of sp³-hybridized carbons (Fsp3) is 0.583. The van der Waals surface area contributed by atoms with Crippen molar-refractivity contribution in [3.63, 3.8) is 0 Å². The third-order valence-corrected chi connectivity index (χ3v) is 3.19. The van der Waals surface area contributed by atoms with E-state index in [1.165, 1.54) is 26.0 Å². The Bertz CT molecular complexity index is 564. The maximum absolute atomic E-state index is 11.9. The van der Waals surface area contributed by atoms with Gasteiger partial charge in [-0.1, -0.05) is 13.8 Å². The van der Waals surface area contributed by atoms with Gasteiger partial charge < -0.3 is 9.64 Å². The number of carbonyl (C=O) groups excluding carboxylic acids is 1. The summed E-state index contributed by atoms with van der Waals surface area (Å²) >= 11 is 5.78. The topological polar surface area (TPSA) is 98.5 Å². The van der Waals surface area contributed by atoms with Gasteiger partial charge in [-0.3, -0.25) is 10.1 Å². The Morgan fingerprint density at radius 3 is 2.43 bits per heavy atom. The first-order valence-electron chi connectivity index (χ1n) is 6.19. The number of ether oxygens (including phenoxy) is 1. The fourth-order valence-corrected chi connectivity index (χ4v) is 2.31. The van der Waals surface area contributed by atoms with Crippen molar-refractivity contribution < 1.29 is 14.5 Å². The zero-order valence-electron chi connectivity index (χ0n) is 12.5. The Balaban J connectivity index is 3.43. The fourth-order valence-electron chi connectivity index (χ4n) is 2.11. The number of halogens is 1. The van der Waals surface area contributed by atoms with E-state index in [-0.39, 0.29) is 28.4 Å². The SMILES string of the molecule is COC(=O)[C@H](C(C)C)N(C)c1nc(Cl)nc(C)c1[N+](=O)[O-]. The summed E-state index contributed by atoms with van der Waals surface area (Å²) in [5.41, 5.74) is -0.148. The number of anilines is 1. The second-order valence-corrected chi connectivity index (χ2v) is 5.17. The minimum Gasteiger partial charge on any atom is -0.467 e. The largest absolute Gasteiger partial charge is 0.467 e. The molecule has 1 aromatic rings. The molecular weight excluding hydrogens is 300 g/mol. The molecule has 0 aliphatic rings. The molecule has 0 unspecified atom stereocenters. The molecule has 116 valence electrons. The van der Waals surface area contributed by atoms with Gasteiger partial charge in [-0.15, -0.1) is 0 Å². The molecular formula is C12H17ClN4O4. The number of rotatable bonds is 5. The molecule has 0 fully saturated rings. The lowest BCUT2D eigenvalue weighted by molar-refractivity contribution is -0.385. The van der Waals surface area contributed by atoms with Crippen molar-refractivity contribution in [2.45, 2.75) is 26.8 Å². The smallest absolute Gasteiger partial charge is 0.332 e. The Kier molecular flexibility index (Phi) is 5.42. The van der Waals surface area contributed by atoms with Crippen LogP contribution >= 0.6 is 11.6 Å². The van der Waals surface area contributed by atoms with Crippen molar-refractivity contribution in [3.05, 3.63) is 21.1 Å². The Hall–Kier alpha value is -1.96. The lowest BCUT2D eigenvalue weighted by Gasteiger charge is -2.29. The summed E-state index contributed by atoms with van der Waals surface area (Å²) in [6.07, 6.45) is 0. The van der Waals surface area contributed by atoms with Crippen LogP contribution in [0.2, 0.25) is 5.28 Å². The van der Waals surface area contributed by atoms with E-state index in [4.69, 9.17) is 16.3 Å². The van der Waals surface area contributed by atoms with Gasteiger partial charge in [-0.05, 0) is 24.4 Å². The summed E-state index contributed by atoms with van der Waals surface area (Å²) in [7, 11) is 2.80. The molecule has 0 bridgehead atoms. The molecule has 8 nitrogen and oxygen atoms in total. The average molecular weight is 317 g/mol. The molecule has 0 radical (unpaired) electrons. The highest BCUT2D eigenvalue weighted by atomic mass is 35.5. The van der Waals surface area contributed by atoms with Crippen LogP contribution in [0.1, 0.15) is 19.5 Å². The lowest BCUT2D eigenvalue weighted by atomic mass is 10.0. The Morgan fingerprint density at radius 2 is 2.00 bits per heavy atom. The van der Waals surface area contributed by atoms with Gasteiger partial charge in [-0.25, -0.2) is 9.78 Å². The van der Waals surface area contributed by atoms with Crippen molar-refractivity contribution in [1.29, 1.82) is 0 Å². The van der Waals surface area contributed by atoms with E-state index in [2.05, 4.69) is 9.97 Å². The van der Waals surface area contributed by atoms with E-state index >= 15 is 0 Å². The van der Waals surface area contributed by atoms with E-state index in [1.807, 2.05) is 0 Å². The number of carbonyl (C=O) groups is 1. The summed E-state index contributed by atoms with van der Waals surface area (Å²) in [5.74, 6) is -0.660. The molecule has 1 atom stereocenters. The van der Waals surface area contributed by atoms with Gasteiger partial charge in [-0.2, -0.15) is 4.98 Å². The number of hydrogen-bond donors (Lipinski definition) is 0.